The molecule has 1 fully saturated rings. The fourth-order valence-corrected chi connectivity index (χ4v) is 0.864. The van der Waals surface area contributed by atoms with Crippen LogP contribution >= 0.6 is 0 Å². The molecule has 0 amide bonds. The quantitative estimate of drug-likeness (QED) is 0.449. The molecule has 0 N–H and O–H groups in total. The molecule has 0 spiro atoms. The fourth-order valence-electron chi connectivity index (χ4n) is 0.864. The average Bonchev–Trinajstić information content (AvgIpc) is 1.90. The van der Waals surface area contributed by atoms with E-state index in [0.717, 1.165) is 13.2 Å². The molecule has 0 radical (unpaired) electrons. The van der Waals surface area contributed by atoms with Crippen molar-refractivity contribution in [3.8, 4) is 0 Å². The van der Waals surface area contributed by atoms with Gasteiger partial charge in [0.25, 0.3) is 0 Å². The standard InChI is InChI=1S/C6H12O/c1-2-4-6-7-5-3-1/h1-6H2. The molecule has 0 aliphatic carbocycles. The minimum atomic E-state index is 1.00. The van der Waals surface area contributed by atoms with Gasteiger partial charge in [-0.3, -0.25) is 0 Å². The Balaban J connectivity index is 2.04. The summed E-state index contributed by atoms with van der Waals surface area (Å²) in [4.78, 5) is 0. The van der Waals surface area contributed by atoms with Crippen molar-refractivity contribution in [3.05, 3.63) is 0 Å². The molecule has 0 saturated carbocycles. The second kappa shape index (κ2) is 3.03. The van der Waals surface area contributed by atoms with Gasteiger partial charge in [-0.05, 0) is 12.8 Å². The number of hydrogen-bond donors (Lipinski definition) is 0. The van der Waals surface area contributed by atoms with E-state index in [-0.39, 0.29) is 0 Å². The van der Waals surface area contributed by atoms with Crippen LogP contribution in [0.5, 0.6) is 0 Å². The normalized spacial score (nSPS) is 24.0. The van der Waals surface area contributed by atoms with Crippen LogP contribution in [0.2, 0.25) is 0 Å². The Morgan fingerprint density at radius 1 is 0.714 bits per heavy atom. The second-order valence-corrected chi connectivity index (χ2v) is 2.03. The molecule has 1 saturated heterocycles. The Hall–Kier alpha value is -0.0400. The summed E-state index contributed by atoms with van der Waals surface area (Å²) < 4.78 is 5.19. The van der Waals surface area contributed by atoms with Crippen molar-refractivity contribution < 1.29 is 4.74 Å². The van der Waals surface area contributed by atoms with Crippen LogP contribution in [0.4, 0.5) is 0 Å². The van der Waals surface area contributed by atoms with Gasteiger partial charge < -0.3 is 4.74 Å². The summed E-state index contributed by atoms with van der Waals surface area (Å²) >= 11 is 0. The minimum absolute atomic E-state index is 1.00. The molecule has 1 aliphatic rings. The molecule has 0 aromatic heterocycles. The summed E-state index contributed by atoms with van der Waals surface area (Å²) in [6.07, 6.45) is 5.31. The molecule has 42 valence electrons. The smallest absolute Gasteiger partial charge is 0.0466 e. The summed E-state index contributed by atoms with van der Waals surface area (Å²) in [5.41, 5.74) is 0. The molecule has 1 heterocycles. The van der Waals surface area contributed by atoms with E-state index in [2.05, 4.69) is 0 Å². The van der Waals surface area contributed by atoms with Crippen molar-refractivity contribution in [2.24, 2.45) is 0 Å². The van der Waals surface area contributed by atoms with Crippen LogP contribution in [0.1, 0.15) is 25.7 Å². The van der Waals surface area contributed by atoms with Gasteiger partial charge >= 0.3 is 0 Å². The van der Waals surface area contributed by atoms with E-state index in [4.69, 9.17) is 4.74 Å². The van der Waals surface area contributed by atoms with Gasteiger partial charge in [-0.1, -0.05) is 12.8 Å². The second-order valence-electron chi connectivity index (χ2n) is 2.03. The van der Waals surface area contributed by atoms with E-state index in [9.17, 15) is 0 Å². The lowest BCUT2D eigenvalue weighted by Crippen LogP contribution is -1.89. The molecule has 1 heteroatoms. The van der Waals surface area contributed by atoms with Crippen LogP contribution in [0.15, 0.2) is 0 Å². The van der Waals surface area contributed by atoms with Gasteiger partial charge in [0.15, 0.2) is 0 Å². The highest BCUT2D eigenvalue weighted by atomic mass is 16.5. The predicted molar refractivity (Wildman–Crippen MR) is 29.3 cm³/mol. The van der Waals surface area contributed by atoms with Gasteiger partial charge in [-0.25, -0.2) is 0 Å². The lowest BCUT2D eigenvalue weighted by Gasteiger charge is -1.91. The van der Waals surface area contributed by atoms with Crippen molar-refractivity contribution in [1.82, 2.24) is 0 Å². The average molecular weight is 100 g/mol. The first-order chi connectivity index (χ1) is 3.50. The van der Waals surface area contributed by atoms with E-state index < -0.39 is 0 Å². The van der Waals surface area contributed by atoms with E-state index in [1.54, 1.807) is 0 Å². The third kappa shape index (κ3) is 1.93. The molecule has 0 aromatic rings. The van der Waals surface area contributed by atoms with Crippen LogP contribution in [0.3, 0.4) is 0 Å². The van der Waals surface area contributed by atoms with Gasteiger partial charge in [0.05, 0.1) is 0 Å². The highest BCUT2D eigenvalue weighted by Gasteiger charge is 1.95. The number of hydrogen-bond acceptors (Lipinski definition) is 1. The van der Waals surface area contributed by atoms with E-state index >= 15 is 0 Å². The predicted octanol–water partition coefficient (Wildman–Crippen LogP) is 1.58. The van der Waals surface area contributed by atoms with Crippen molar-refractivity contribution in [2.75, 3.05) is 13.2 Å². The lowest BCUT2D eigenvalue weighted by molar-refractivity contribution is 0.144. The van der Waals surface area contributed by atoms with Crippen LogP contribution in [-0.4, -0.2) is 13.2 Å². The molecule has 0 unspecified atom stereocenters. The highest BCUT2D eigenvalue weighted by molar-refractivity contribution is 4.46. The maximum atomic E-state index is 5.19. The third-order valence-corrected chi connectivity index (χ3v) is 1.33. The minimum Gasteiger partial charge on any atom is -0.381 e. The Labute approximate surface area is 44.7 Å². The summed E-state index contributed by atoms with van der Waals surface area (Å²) in [6.45, 7) is 2.00. The monoisotopic (exact) mass is 100 g/mol. The molecule has 0 atom stereocenters. The Bertz CT molecular complexity index is 23.8. The van der Waals surface area contributed by atoms with Crippen molar-refractivity contribution in [2.45, 2.75) is 25.7 Å². The van der Waals surface area contributed by atoms with Crippen LogP contribution in [-0.2, 0) is 4.74 Å². The van der Waals surface area contributed by atoms with E-state index in [1.807, 2.05) is 0 Å². The molecular weight excluding hydrogens is 88.1 g/mol. The van der Waals surface area contributed by atoms with Gasteiger partial charge in [0.1, 0.15) is 0 Å². The van der Waals surface area contributed by atoms with Crippen LogP contribution in [0, 0.1) is 0 Å². The Kier molecular flexibility index (Phi) is 2.21. The third-order valence-electron chi connectivity index (χ3n) is 1.33. The van der Waals surface area contributed by atoms with Crippen LogP contribution < -0.4 is 0 Å². The Morgan fingerprint density at radius 2 is 1.29 bits per heavy atom. The molecule has 1 nitrogen and oxygen atoms in total. The topological polar surface area (TPSA) is 9.23 Å². The first-order valence-electron chi connectivity index (χ1n) is 3.08. The molecule has 1 aliphatic heterocycles. The van der Waals surface area contributed by atoms with Crippen LogP contribution in [0.25, 0.3) is 0 Å². The first-order valence-corrected chi connectivity index (χ1v) is 3.08. The molecule has 0 aromatic carbocycles. The highest BCUT2D eigenvalue weighted by Crippen LogP contribution is 2.04. The van der Waals surface area contributed by atoms with Gasteiger partial charge in [0, 0.05) is 13.2 Å². The Morgan fingerprint density at radius 3 is 1.86 bits per heavy atom. The van der Waals surface area contributed by atoms with Gasteiger partial charge in [-0.15, -0.1) is 0 Å². The van der Waals surface area contributed by atoms with Crippen molar-refractivity contribution in [1.29, 1.82) is 0 Å². The maximum Gasteiger partial charge on any atom is 0.0466 e. The zero-order chi connectivity index (χ0) is 4.95. The largest absolute Gasteiger partial charge is 0.381 e. The molecule has 0 bridgehead atoms. The maximum absolute atomic E-state index is 5.19. The molecule has 7 heavy (non-hydrogen) atoms. The summed E-state index contributed by atoms with van der Waals surface area (Å²) in [5.74, 6) is 0. The number of rotatable bonds is 0. The zero-order valence-electron chi connectivity index (χ0n) is 4.65. The van der Waals surface area contributed by atoms with Gasteiger partial charge in [-0.2, -0.15) is 0 Å². The summed E-state index contributed by atoms with van der Waals surface area (Å²) in [7, 11) is 0. The SMILES string of the molecule is C1CCCOCC1. The summed E-state index contributed by atoms with van der Waals surface area (Å²) in [6, 6.07) is 0. The first kappa shape index (κ1) is 5.10. The fraction of sp³-hybridized carbons (Fsp3) is 1.00. The zero-order valence-corrected chi connectivity index (χ0v) is 4.65. The van der Waals surface area contributed by atoms with E-state index in [1.165, 1.54) is 25.7 Å². The number of ether oxygens (including phenoxy) is 1. The molecular formula is C6H12O. The van der Waals surface area contributed by atoms with Gasteiger partial charge in [0.2, 0.25) is 0 Å². The van der Waals surface area contributed by atoms with Crippen molar-refractivity contribution in [3.63, 3.8) is 0 Å². The van der Waals surface area contributed by atoms with E-state index in [0.29, 0.717) is 0 Å². The lowest BCUT2D eigenvalue weighted by atomic mass is 10.2. The molecule has 1 rings (SSSR count). The van der Waals surface area contributed by atoms with Crippen molar-refractivity contribution >= 4 is 0 Å². The summed E-state index contributed by atoms with van der Waals surface area (Å²) in [5, 5.41) is 0.